The average molecular weight is 367 g/mol. The van der Waals surface area contributed by atoms with Gasteiger partial charge in [-0.25, -0.2) is 0 Å². The van der Waals surface area contributed by atoms with Crippen LogP contribution in [0.25, 0.3) is 0 Å². The van der Waals surface area contributed by atoms with Crippen molar-refractivity contribution in [2.45, 2.75) is 58.0 Å². The Morgan fingerprint density at radius 1 is 1.19 bits per heavy atom. The van der Waals surface area contributed by atoms with Crippen LogP contribution < -0.4 is 0 Å². The zero-order valence-electron chi connectivity index (χ0n) is 16.6. The van der Waals surface area contributed by atoms with Gasteiger partial charge in [0.05, 0.1) is 5.69 Å². The van der Waals surface area contributed by atoms with Crippen LogP contribution in [0.5, 0.6) is 0 Å². The highest BCUT2D eigenvalue weighted by atomic mass is 16.3. The molecule has 1 N–H and O–H groups in total. The molecule has 0 aliphatic heterocycles. The number of hydrogen-bond donors (Lipinski definition) is 1. The second-order valence-electron chi connectivity index (χ2n) is 7.92. The molecule has 1 amide bonds. The number of carbonyl (C=O) groups excluding carboxylic acids is 1. The lowest BCUT2D eigenvalue weighted by molar-refractivity contribution is 0.0728. The van der Waals surface area contributed by atoms with Gasteiger partial charge in [0.25, 0.3) is 5.91 Å². The van der Waals surface area contributed by atoms with Gasteiger partial charge in [0.1, 0.15) is 5.60 Å². The van der Waals surface area contributed by atoms with E-state index in [4.69, 9.17) is 0 Å². The number of pyridine rings is 1. The fourth-order valence-electron chi connectivity index (χ4n) is 3.55. The van der Waals surface area contributed by atoms with Crippen molar-refractivity contribution in [1.82, 2.24) is 9.88 Å². The molecule has 1 aliphatic carbocycles. The molecule has 2 aromatic rings. The van der Waals surface area contributed by atoms with Crippen molar-refractivity contribution in [3.8, 4) is 0 Å². The second-order valence-corrected chi connectivity index (χ2v) is 7.92. The molecule has 0 bridgehead atoms. The maximum Gasteiger partial charge on any atom is 0.254 e. The van der Waals surface area contributed by atoms with E-state index in [1.54, 1.807) is 13.8 Å². The van der Waals surface area contributed by atoms with Crippen molar-refractivity contribution in [1.29, 1.82) is 0 Å². The summed E-state index contributed by atoms with van der Waals surface area (Å²) in [6, 6.07) is 13.8. The van der Waals surface area contributed by atoms with Gasteiger partial charge in [0, 0.05) is 30.8 Å². The highest BCUT2D eigenvalue weighted by molar-refractivity contribution is 5.96. The molecule has 4 nitrogen and oxygen atoms in total. The Hall–Kier alpha value is -2.20. The van der Waals surface area contributed by atoms with E-state index in [1.165, 1.54) is 24.8 Å². The van der Waals surface area contributed by atoms with Gasteiger partial charge in [0.15, 0.2) is 0 Å². The average Bonchev–Trinajstić information content (AvgIpc) is 2.60. The van der Waals surface area contributed by atoms with E-state index in [2.05, 4.69) is 11.1 Å². The Morgan fingerprint density at radius 3 is 2.56 bits per heavy atom. The molecule has 0 saturated heterocycles. The summed E-state index contributed by atoms with van der Waals surface area (Å²) in [4.78, 5) is 19.6. The molecule has 0 atom stereocenters. The SMILES string of the molecule is CCN(CCc1cccc(C(C)(C)O)n1)C(=O)c1ccccc1C1CCC1. The van der Waals surface area contributed by atoms with Gasteiger partial charge >= 0.3 is 0 Å². The zero-order valence-corrected chi connectivity index (χ0v) is 16.6. The molecule has 3 rings (SSSR count). The molecule has 0 radical (unpaired) electrons. The van der Waals surface area contributed by atoms with Crippen LogP contribution >= 0.6 is 0 Å². The standard InChI is InChI=1S/C23H30N2O2/c1-4-25(16-15-18-11-8-14-21(24-18)23(2,3)27)22(26)20-13-6-5-12-19(20)17-9-7-10-17/h5-6,8,11-14,17,27H,4,7,9-10,15-16H2,1-3H3. The number of amides is 1. The predicted octanol–water partition coefficient (Wildman–Crippen LogP) is 4.28. The van der Waals surface area contributed by atoms with Gasteiger partial charge in [-0.15, -0.1) is 0 Å². The minimum Gasteiger partial charge on any atom is -0.384 e. The van der Waals surface area contributed by atoms with Gasteiger partial charge in [-0.3, -0.25) is 9.78 Å². The molecule has 0 spiro atoms. The Morgan fingerprint density at radius 2 is 1.93 bits per heavy atom. The van der Waals surface area contributed by atoms with E-state index in [0.717, 1.165) is 11.3 Å². The lowest BCUT2D eigenvalue weighted by Crippen LogP contribution is -2.34. The summed E-state index contributed by atoms with van der Waals surface area (Å²) >= 11 is 0. The van der Waals surface area contributed by atoms with E-state index in [1.807, 2.05) is 48.2 Å². The van der Waals surface area contributed by atoms with Crippen LogP contribution in [0.4, 0.5) is 0 Å². The Balaban J connectivity index is 1.72. The third-order valence-electron chi connectivity index (χ3n) is 5.48. The predicted molar refractivity (Wildman–Crippen MR) is 108 cm³/mol. The van der Waals surface area contributed by atoms with E-state index in [-0.39, 0.29) is 5.91 Å². The van der Waals surface area contributed by atoms with Crippen molar-refractivity contribution in [2.24, 2.45) is 0 Å². The lowest BCUT2D eigenvalue weighted by Gasteiger charge is -2.29. The molecular formula is C23H30N2O2. The fourth-order valence-corrected chi connectivity index (χ4v) is 3.55. The fraction of sp³-hybridized carbons (Fsp3) is 0.478. The van der Waals surface area contributed by atoms with Crippen molar-refractivity contribution in [3.63, 3.8) is 0 Å². The number of carbonyl (C=O) groups is 1. The number of benzene rings is 1. The van der Waals surface area contributed by atoms with Crippen molar-refractivity contribution in [2.75, 3.05) is 13.1 Å². The summed E-state index contributed by atoms with van der Waals surface area (Å²) in [7, 11) is 0. The quantitative estimate of drug-likeness (QED) is 0.796. The Kier molecular flexibility index (Phi) is 5.95. The molecule has 1 aliphatic rings. The first-order valence-corrected chi connectivity index (χ1v) is 9.97. The van der Waals surface area contributed by atoms with Crippen LogP contribution in [0.1, 0.15) is 73.3 Å². The second kappa shape index (κ2) is 8.22. The molecule has 144 valence electrons. The number of likely N-dealkylation sites (N-methyl/N-ethyl adjacent to an activating group) is 1. The van der Waals surface area contributed by atoms with Gasteiger partial charge in [-0.2, -0.15) is 0 Å². The summed E-state index contributed by atoms with van der Waals surface area (Å²) in [6.45, 7) is 6.78. The van der Waals surface area contributed by atoms with Crippen LogP contribution in [0.15, 0.2) is 42.5 Å². The number of aromatic nitrogens is 1. The lowest BCUT2D eigenvalue weighted by atomic mass is 9.78. The van der Waals surface area contributed by atoms with Crippen molar-refractivity contribution >= 4 is 5.91 Å². The third kappa shape index (κ3) is 4.56. The van der Waals surface area contributed by atoms with Gasteiger partial charge < -0.3 is 10.0 Å². The summed E-state index contributed by atoms with van der Waals surface area (Å²) in [6.07, 6.45) is 4.30. The first-order valence-electron chi connectivity index (χ1n) is 9.97. The van der Waals surface area contributed by atoms with Crippen molar-refractivity contribution in [3.05, 3.63) is 65.0 Å². The summed E-state index contributed by atoms with van der Waals surface area (Å²) in [5.41, 5.74) is 2.65. The van der Waals surface area contributed by atoms with E-state index >= 15 is 0 Å². The molecular weight excluding hydrogens is 336 g/mol. The molecule has 1 aromatic heterocycles. The molecule has 1 fully saturated rings. The highest BCUT2D eigenvalue weighted by Crippen LogP contribution is 2.38. The molecule has 4 heteroatoms. The molecule has 1 heterocycles. The first kappa shape index (κ1) is 19.6. The number of hydrogen-bond acceptors (Lipinski definition) is 3. The number of rotatable bonds is 7. The van der Waals surface area contributed by atoms with Crippen LogP contribution in [0, 0.1) is 0 Å². The number of nitrogens with zero attached hydrogens (tertiary/aromatic N) is 2. The zero-order chi connectivity index (χ0) is 19.4. The van der Waals surface area contributed by atoms with E-state index < -0.39 is 5.60 Å². The smallest absolute Gasteiger partial charge is 0.254 e. The topological polar surface area (TPSA) is 53.4 Å². The van der Waals surface area contributed by atoms with E-state index in [0.29, 0.717) is 31.1 Å². The molecule has 1 saturated carbocycles. The third-order valence-corrected chi connectivity index (χ3v) is 5.48. The maximum absolute atomic E-state index is 13.2. The van der Waals surface area contributed by atoms with Gasteiger partial charge in [-0.1, -0.05) is 30.7 Å². The number of aliphatic hydroxyl groups is 1. The van der Waals surface area contributed by atoms with Crippen LogP contribution in [-0.4, -0.2) is 34.0 Å². The van der Waals surface area contributed by atoms with Crippen molar-refractivity contribution < 1.29 is 9.90 Å². The highest BCUT2D eigenvalue weighted by Gasteiger charge is 2.26. The maximum atomic E-state index is 13.2. The normalized spacial score (nSPS) is 14.7. The monoisotopic (exact) mass is 366 g/mol. The minimum atomic E-state index is -0.960. The van der Waals surface area contributed by atoms with Gasteiger partial charge in [-0.05, 0) is 63.3 Å². The molecule has 27 heavy (non-hydrogen) atoms. The minimum absolute atomic E-state index is 0.110. The van der Waals surface area contributed by atoms with Crippen LogP contribution in [-0.2, 0) is 12.0 Å². The Bertz CT molecular complexity index is 791. The largest absolute Gasteiger partial charge is 0.384 e. The Labute approximate surface area is 162 Å². The molecule has 1 aromatic carbocycles. The first-order chi connectivity index (χ1) is 12.9. The van der Waals surface area contributed by atoms with Crippen LogP contribution in [0.2, 0.25) is 0 Å². The summed E-state index contributed by atoms with van der Waals surface area (Å²) in [5, 5.41) is 10.2. The van der Waals surface area contributed by atoms with Gasteiger partial charge in [0.2, 0.25) is 0 Å². The summed E-state index contributed by atoms with van der Waals surface area (Å²) < 4.78 is 0. The van der Waals surface area contributed by atoms with Crippen LogP contribution in [0.3, 0.4) is 0 Å². The summed E-state index contributed by atoms with van der Waals surface area (Å²) in [5.74, 6) is 0.646. The molecule has 0 unspecified atom stereocenters. The van der Waals surface area contributed by atoms with E-state index in [9.17, 15) is 9.90 Å².